The van der Waals surface area contributed by atoms with E-state index in [4.69, 9.17) is 0 Å². The second-order valence-electron chi connectivity index (χ2n) is 7.36. The molecule has 1 aromatic heterocycles. The summed E-state index contributed by atoms with van der Waals surface area (Å²) in [4.78, 5) is 16.3. The predicted molar refractivity (Wildman–Crippen MR) is 91.5 cm³/mol. The Morgan fingerprint density at radius 3 is 2.75 bits per heavy atom. The lowest BCUT2D eigenvalue weighted by Gasteiger charge is -2.22. The molecule has 2 fully saturated rings. The molecule has 2 aromatic rings. The molecule has 5 heteroatoms. The van der Waals surface area contributed by atoms with Gasteiger partial charge in [-0.25, -0.2) is 9.67 Å². The molecule has 2 saturated carbocycles. The fraction of sp³-hybridized carbons (Fsp3) is 0.526. The Labute approximate surface area is 142 Å². The van der Waals surface area contributed by atoms with Gasteiger partial charge in [0.2, 0.25) is 5.91 Å². The fourth-order valence-electron chi connectivity index (χ4n) is 4.51. The number of benzene rings is 1. The zero-order chi connectivity index (χ0) is 16.5. The number of aromatic nitrogens is 3. The van der Waals surface area contributed by atoms with E-state index in [1.165, 1.54) is 32.0 Å². The van der Waals surface area contributed by atoms with Gasteiger partial charge in [0, 0.05) is 6.42 Å². The number of rotatable bonds is 5. The molecular weight excluding hydrogens is 300 g/mol. The summed E-state index contributed by atoms with van der Waals surface area (Å²) in [5.74, 6) is 2.51. The number of carbonyl (C=O) groups is 1. The number of hydrogen-bond acceptors (Lipinski definition) is 3. The van der Waals surface area contributed by atoms with E-state index in [9.17, 15) is 4.79 Å². The standard InChI is InChI=1S/C19H24N4O/c1-13(15-4-6-18(7-5-15)23-12-20-11-21-23)22-19(24)10-17-9-14-2-3-16(17)8-14/h4-7,11-14,16-17H,2-3,8-10H2,1H3,(H,22,24). The number of nitrogens with zero attached hydrogens (tertiary/aromatic N) is 3. The maximum atomic E-state index is 12.4. The molecule has 1 N–H and O–H groups in total. The van der Waals surface area contributed by atoms with Crippen molar-refractivity contribution in [2.75, 3.05) is 0 Å². The fourth-order valence-corrected chi connectivity index (χ4v) is 4.51. The number of hydrogen-bond donors (Lipinski definition) is 1. The molecule has 4 atom stereocenters. The van der Waals surface area contributed by atoms with Crippen molar-refractivity contribution in [3.63, 3.8) is 0 Å². The van der Waals surface area contributed by atoms with Crippen LogP contribution in [0.15, 0.2) is 36.9 Å². The Morgan fingerprint density at radius 1 is 1.29 bits per heavy atom. The van der Waals surface area contributed by atoms with Crippen molar-refractivity contribution in [3.05, 3.63) is 42.5 Å². The highest BCUT2D eigenvalue weighted by Gasteiger charge is 2.40. The Morgan fingerprint density at radius 2 is 2.12 bits per heavy atom. The molecule has 1 amide bonds. The molecule has 4 unspecified atom stereocenters. The Bertz CT molecular complexity index is 695. The molecule has 0 aliphatic heterocycles. The van der Waals surface area contributed by atoms with Gasteiger partial charge < -0.3 is 5.32 Å². The minimum atomic E-state index is 0.0286. The van der Waals surface area contributed by atoms with Gasteiger partial charge in [0.05, 0.1) is 11.7 Å². The van der Waals surface area contributed by atoms with Crippen LogP contribution in [0.1, 0.15) is 50.6 Å². The largest absolute Gasteiger partial charge is 0.350 e. The van der Waals surface area contributed by atoms with E-state index >= 15 is 0 Å². The normalized spacial score (nSPS) is 26.5. The summed E-state index contributed by atoms with van der Waals surface area (Å²) in [6, 6.07) is 8.12. The average molecular weight is 324 g/mol. The molecule has 5 nitrogen and oxygen atoms in total. The van der Waals surface area contributed by atoms with E-state index in [-0.39, 0.29) is 11.9 Å². The Hall–Kier alpha value is -2.17. The highest BCUT2D eigenvalue weighted by Crippen LogP contribution is 2.49. The molecule has 2 aliphatic rings. The van der Waals surface area contributed by atoms with Crippen molar-refractivity contribution >= 4 is 5.91 Å². The van der Waals surface area contributed by atoms with Crippen LogP contribution >= 0.6 is 0 Å². The second kappa shape index (κ2) is 6.38. The topological polar surface area (TPSA) is 59.8 Å². The van der Waals surface area contributed by atoms with E-state index in [1.807, 2.05) is 31.2 Å². The third-order valence-electron chi connectivity index (χ3n) is 5.79. The predicted octanol–water partition coefficient (Wildman–Crippen LogP) is 3.27. The minimum Gasteiger partial charge on any atom is -0.350 e. The Balaban J connectivity index is 1.33. The molecule has 1 heterocycles. The van der Waals surface area contributed by atoms with Gasteiger partial charge >= 0.3 is 0 Å². The van der Waals surface area contributed by atoms with Crippen LogP contribution in [0, 0.1) is 17.8 Å². The highest BCUT2D eigenvalue weighted by atomic mass is 16.1. The first-order chi connectivity index (χ1) is 11.7. The van der Waals surface area contributed by atoms with E-state index < -0.39 is 0 Å². The van der Waals surface area contributed by atoms with Crippen molar-refractivity contribution in [2.45, 2.75) is 45.1 Å². The second-order valence-corrected chi connectivity index (χ2v) is 7.36. The Kier molecular flexibility index (Phi) is 4.08. The van der Waals surface area contributed by atoms with Gasteiger partial charge in [-0.3, -0.25) is 4.79 Å². The molecule has 0 spiro atoms. The van der Waals surface area contributed by atoms with Crippen LogP contribution in [0.3, 0.4) is 0 Å². The SMILES string of the molecule is CC(NC(=O)CC1CC2CCC1C2)c1ccc(-n2cncn2)cc1. The maximum absolute atomic E-state index is 12.4. The average Bonchev–Trinajstić information content (AvgIpc) is 3.32. The number of fused-ring (bicyclic) bond motifs is 2. The zero-order valence-electron chi connectivity index (χ0n) is 14.1. The summed E-state index contributed by atoms with van der Waals surface area (Å²) in [6.45, 7) is 2.04. The molecule has 24 heavy (non-hydrogen) atoms. The minimum absolute atomic E-state index is 0.0286. The summed E-state index contributed by atoms with van der Waals surface area (Å²) in [5.41, 5.74) is 2.08. The van der Waals surface area contributed by atoms with Crippen molar-refractivity contribution in [2.24, 2.45) is 17.8 Å². The molecule has 0 radical (unpaired) electrons. The van der Waals surface area contributed by atoms with Crippen LogP contribution in [-0.4, -0.2) is 20.7 Å². The van der Waals surface area contributed by atoms with E-state index in [1.54, 1.807) is 11.0 Å². The van der Waals surface area contributed by atoms with Gasteiger partial charge in [-0.05, 0) is 61.6 Å². The molecule has 2 bridgehead atoms. The number of amides is 1. The van der Waals surface area contributed by atoms with Gasteiger partial charge in [0.25, 0.3) is 0 Å². The first-order valence-electron chi connectivity index (χ1n) is 8.93. The molecule has 0 saturated heterocycles. The number of carbonyl (C=O) groups excluding carboxylic acids is 1. The van der Waals surface area contributed by atoms with Gasteiger partial charge in [-0.1, -0.05) is 18.6 Å². The van der Waals surface area contributed by atoms with Gasteiger partial charge in [0.1, 0.15) is 12.7 Å². The lowest BCUT2D eigenvalue weighted by atomic mass is 9.86. The summed E-state index contributed by atoms with van der Waals surface area (Å²) >= 11 is 0. The first kappa shape index (κ1) is 15.4. The van der Waals surface area contributed by atoms with Crippen LogP contribution in [0.4, 0.5) is 0 Å². The van der Waals surface area contributed by atoms with E-state index in [0.717, 1.165) is 23.1 Å². The smallest absolute Gasteiger partial charge is 0.220 e. The van der Waals surface area contributed by atoms with Crippen LogP contribution < -0.4 is 5.32 Å². The van der Waals surface area contributed by atoms with Crippen LogP contribution in [0.5, 0.6) is 0 Å². The summed E-state index contributed by atoms with van der Waals surface area (Å²) in [5, 5.41) is 7.28. The molecule has 126 valence electrons. The third-order valence-corrected chi connectivity index (χ3v) is 5.79. The summed E-state index contributed by atoms with van der Waals surface area (Å²) < 4.78 is 1.72. The summed E-state index contributed by atoms with van der Waals surface area (Å²) in [6.07, 6.45) is 9.24. The quantitative estimate of drug-likeness (QED) is 0.918. The van der Waals surface area contributed by atoms with Crippen molar-refractivity contribution in [1.82, 2.24) is 20.1 Å². The van der Waals surface area contributed by atoms with Crippen molar-refractivity contribution in [1.29, 1.82) is 0 Å². The highest BCUT2D eigenvalue weighted by molar-refractivity contribution is 5.76. The third kappa shape index (κ3) is 3.07. The van der Waals surface area contributed by atoms with Gasteiger partial charge in [0.15, 0.2) is 0 Å². The monoisotopic (exact) mass is 324 g/mol. The maximum Gasteiger partial charge on any atom is 0.220 e. The molecule has 1 aromatic carbocycles. The van der Waals surface area contributed by atoms with Crippen LogP contribution in [-0.2, 0) is 4.79 Å². The van der Waals surface area contributed by atoms with E-state index in [2.05, 4.69) is 15.4 Å². The van der Waals surface area contributed by atoms with Crippen LogP contribution in [0.2, 0.25) is 0 Å². The van der Waals surface area contributed by atoms with Gasteiger partial charge in [-0.2, -0.15) is 5.10 Å². The molecular formula is C19H24N4O. The van der Waals surface area contributed by atoms with Gasteiger partial charge in [-0.15, -0.1) is 0 Å². The first-order valence-corrected chi connectivity index (χ1v) is 8.93. The number of nitrogens with one attached hydrogen (secondary N) is 1. The molecule has 2 aliphatic carbocycles. The van der Waals surface area contributed by atoms with Crippen molar-refractivity contribution < 1.29 is 4.79 Å². The lowest BCUT2D eigenvalue weighted by molar-refractivity contribution is -0.123. The van der Waals surface area contributed by atoms with E-state index in [0.29, 0.717) is 12.3 Å². The zero-order valence-corrected chi connectivity index (χ0v) is 14.1. The van der Waals surface area contributed by atoms with Crippen molar-refractivity contribution in [3.8, 4) is 5.69 Å². The summed E-state index contributed by atoms with van der Waals surface area (Å²) in [7, 11) is 0. The van der Waals surface area contributed by atoms with Crippen LogP contribution in [0.25, 0.3) is 5.69 Å². The lowest BCUT2D eigenvalue weighted by Crippen LogP contribution is -2.29. The molecule has 4 rings (SSSR count).